The number of nitrogens with zero attached hydrogens (tertiary/aromatic N) is 1. The van der Waals surface area contributed by atoms with Gasteiger partial charge in [-0.3, -0.25) is 4.79 Å². The number of nitrogens with one attached hydrogen (secondary N) is 1. The molecule has 0 bridgehead atoms. The van der Waals surface area contributed by atoms with Crippen LogP contribution in [0, 0.1) is 17.7 Å². The van der Waals surface area contributed by atoms with Gasteiger partial charge >= 0.3 is 0 Å². The first kappa shape index (κ1) is 19.3. The molecule has 3 rings (SSSR count). The van der Waals surface area contributed by atoms with Gasteiger partial charge in [0.1, 0.15) is 5.82 Å². The molecular formula is C19H27FN2O3S. The highest BCUT2D eigenvalue weighted by Gasteiger charge is 2.48. The van der Waals surface area contributed by atoms with E-state index in [-0.39, 0.29) is 29.4 Å². The molecule has 0 saturated carbocycles. The highest BCUT2D eigenvalue weighted by atomic mass is 32.2. The fraction of sp³-hybridized carbons (Fsp3) is 0.632. The lowest BCUT2D eigenvalue weighted by Crippen LogP contribution is -2.51. The van der Waals surface area contributed by atoms with Gasteiger partial charge in [0.25, 0.3) is 5.91 Å². The summed E-state index contributed by atoms with van der Waals surface area (Å²) in [4.78, 5) is 14.7. The summed E-state index contributed by atoms with van der Waals surface area (Å²) in [5.41, 5.74) is 0.394. The molecule has 0 aliphatic carbocycles. The number of fused-ring (bicyclic) bond motifs is 1. The third-order valence-electron chi connectivity index (χ3n) is 5.52. The number of carbonyl (C=O) groups is 1. The molecule has 7 heteroatoms. The molecule has 1 aromatic carbocycles. The molecule has 3 unspecified atom stereocenters. The second-order valence-corrected chi connectivity index (χ2v) is 10.2. The minimum atomic E-state index is -3.11. The Bertz CT molecular complexity index is 749. The maximum atomic E-state index is 13.0. The lowest BCUT2D eigenvalue weighted by atomic mass is 9.95. The Balaban J connectivity index is 1.70. The summed E-state index contributed by atoms with van der Waals surface area (Å²) in [6, 6.07) is 5.25. The Morgan fingerprint density at radius 1 is 1.27 bits per heavy atom. The SMILES string of the molecule is CC(C)CCN1CC2C(NC(=O)c3ccc(F)cc3)CCS(=O)(=O)C2C1. The van der Waals surface area contributed by atoms with Gasteiger partial charge in [-0.1, -0.05) is 13.8 Å². The van der Waals surface area contributed by atoms with Crippen LogP contribution in [0.1, 0.15) is 37.0 Å². The molecule has 5 nitrogen and oxygen atoms in total. The standard InChI is InChI=1S/C19H27FN2O3S/c1-13(2)7-9-22-11-16-17(8-10-26(24,25)18(16)12-22)21-19(23)14-3-5-15(20)6-4-14/h3-6,13,16-18H,7-12H2,1-2H3,(H,21,23). The van der Waals surface area contributed by atoms with Crippen molar-refractivity contribution in [3.05, 3.63) is 35.6 Å². The maximum Gasteiger partial charge on any atom is 0.251 e. The van der Waals surface area contributed by atoms with E-state index in [9.17, 15) is 17.6 Å². The van der Waals surface area contributed by atoms with Crippen LogP contribution in [-0.2, 0) is 9.84 Å². The third-order valence-corrected chi connectivity index (χ3v) is 7.75. The minimum absolute atomic E-state index is 0.0784. The average Bonchev–Trinajstić information content (AvgIpc) is 3.02. The Hall–Kier alpha value is -1.47. The van der Waals surface area contributed by atoms with Crippen molar-refractivity contribution in [3.63, 3.8) is 0 Å². The summed E-state index contributed by atoms with van der Waals surface area (Å²) >= 11 is 0. The molecule has 0 aromatic heterocycles. The average molecular weight is 383 g/mol. The fourth-order valence-corrected chi connectivity index (χ4v) is 6.09. The second kappa shape index (κ2) is 7.64. The second-order valence-electron chi connectivity index (χ2n) is 7.89. The van der Waals surface area contributed by atoms with Crippen LogP contribution in [0.5, 0.6) is 0 Å². The number of benzene rings is 1. The van der Waals surface area contributed by atoms with Crippen LogP contribution < -0.4 is 5.32 Å². The zero-order chi connectivity index (χ0) is 18.9. The minimum Gasteiger partial charge on any atom is -0.349 e. The first-order chi connectivity index (χ1) is 12.3. The van der Waals surface area contributed by atoms with Crippen molar-refractivity contribution >= 4 is 15.7 Å². The van der Waals surface area contributed by atoms with Gasteiger partial charge in [-0.05, 0) is 49.6 Å². The summed E-state index contributed by atoms with van der Waals surface area (Å²) in [5, 5.41) is 2.60. The quantitative estimate of drug-likeness (QED) is 0.847. The van der Waals surface area contributed by atoms with E-state index in [0.717, 1.165) is 13.0 Å². The van der Waals surface area contributed by atoms with Crippen molar-refractivity contribution in [2.24, 2.45) is 11.8 Å². The van der Waals surface area contributed by atoms with E-state index in [0.29, 0.717) is 31.0 Å². The maximum absolute atomic E-state index is 13.0. The van der Waals surface area contributed by atoms with E-state index in [2.05, 4.69) is 24.1 Å². The van der Waals surface area contributed by atoms with Crippen molar-refractivity contribution in [2.75, 3.05) is 25.4 Å². The van der Waals surface area contributed by atoms with Crippen molar-refractivity contribution in [3.8, 4) is 0 Å². The van der Waals surface area contributed by atoms with Gasteiger partial charge in [0.05, 0.1) is 11.0 Å². The van der Waals surface area contributed by atoms with E-state index < -0.39 is 15.1 Å². The van der Waals surface area contributed by atoms with Crippen molar-refractivity contribution < 1.29 is 17.6 Å². The highest BCUT2D eigenvalue weighted by molar-refractivity contribution is 7.92. The first-order valence-electron chi connectivity index (χ1n) is 9.26. The van der Waals surface area contributed by atoms with Gasteiger partial charge in [0, 0.05) is 30.6 Å². The van der Waals surface area contributed by atoms with Crippen molar-refractivity contribution in [2.45, 2.75) is 38.0 Å². The number of rotatable bonds is 5. The predicted molar refractivity (Wildman–Crippen MR) is 99.2 cm³/mol. The van der Waals surface area contributed by atoms with E-state index >= 15 is 0 Å². The molecule has 26 heavy (non-hydrogen) atoms. The van der Waals surface area contributed by atoms with Gasteiger partial charge in [-0.15, -0.1) is 0 Å². The smallest absolute Gasteiger partial charge is 0.251 e. The third kappa shape index (κ3) is 4.26. The van der Waals surface area contributed by atoms with Crippen molar-refractivity contribution in [1.82, 2.24) is 10.2 Å². The lowest BCUT2D eigenvalue weighted by molar-refractivity contribution is 0.0919. The lowest BCUT2D eigenvalue weighted by Gasteiger charge is -2.33. The molecule has 0 spiro atoms. The highest BCUT2D eigenvalue weighted by Crippen LogP contribution is 2.33. The van der Waals surface area contributed by atoms with Crippen LogP contribution in [0.3, 0.4) is 0 Å². The molecule has 3 atom stereocenters. The van der Waals surface area contributed by atoms with E-state index in [1.165, 1.54) is 24.3 Å². The number of likely N-dealkylation sites (tertiary alicyclic amines) is 1. The molecule has 2 aliphatic heterocycles. The van der Waals surface area contributed by atoms with Gasteiger partial charge in [-0.25, -0.2) is 12.8 Å². The van der Waals surface area contributed by atoms with Gasteiger partial charge in [-0.2, -0.15) is 0 Å². The van der Waals surface area contributed by atoms with Crippen LogP contribution in [0.2, 0.25) is 0 Å². The Morgan fingerprint density at radius 3 is 2.62 bits per heavy atom. The number of sulfone groups is 1. The molecule has 144 valence electrons. The summed E-state index contributed by atoms with van der Waals surface area (Å²) < 4.78 is 38.0. The van der Waals surface area contributed by atoms with Crippen LogP contribution in [0.15, 0.2) is 24.3 Å². The molecule has 2 aliphatic rings. The Kier molecular flexibility index (Phi) is 5.67. The number of hydrogen-bond donors (Lipinski definition) is 1. The van der Waals surface area contributed by atoms with E-state index in [1.54, 1.807) is 0 Å². The number of carbonyl (C=O) groups excluding carboxylic acids is 1. The van der Waals surface area contributed by atoms with Gasteiger partial charge in [0.2, 0.25) is 0 Å². The predicted octanol–water partition coefficient (Wildman–Crippen LogP) is 2.09. The van der Waals surface area contributed by atoms with Crippen LogP contribution >= 0.6 is 0 Å². The van der Waals surface area contributed by atoms with E-state index in [1.807, 2.05) is 0 Å². The first-order valence-corrected chi connectivity index (χ1v) is 11.0. The molecule has 0 radical (unpaired) electrons. The molecule has 1 amide bonds. The van der Waals surface area contributed by atoms with Gasteiger partial charge < -0.3 is 10.2 Å². The van der Waals surface area contributed by atoms with Crippen molar-refractivity contribution in [1.29, 1.82) is 0 Å². The van der Waals surface area contributed by atoms with Gasteiger partial charge in [0.15, 0.2) is 9.84 Å². The Labute approximate surface area is 154 Å². The van der Waals surface area contributed by atoms with Crippen LogP contribution in [-0.4, -0.2) is 55.9 Å². The number of halogens is 1. The summed E-state index contributed by atoms with van der Waals surface area (Å²) in [5.74, 6) is -0.0512. The topological polar surface area (TPSA) is 66.5 Å². The fourth-order valence-electron chi connectivity index (χ4n) is 3.96. The summed E-state index contributed by atoms with van der Waals surface area (Å²) in [6.45, 7) is 6.46. The zero-order valence-corrected chi connectivity index (χ0v) is 16.1. The molecule has 1 N–H and O–H groups in total. The Morgan fingerprint density at radius 2 is 1.96 bits per heavy atom. The molecular weight excluding hydrogens is 355 g/mol. The van der Waals surface area contributed by atoms with Crippen LogP contribution in [0.4, 0.5) is 4.39 Å². The molecule has 2 saturated heterocycles. The monoisotopic (exact) mass is 382 g/mol. The largest absolute Gasteiger partial charge is 0.349 e. The van der Waals surface area contributed by atoms with E-state index in [4.69, 9.17) is 0 Å². The molecule has 2 heterocycles. The molecule has 2 fully saturated rings. The molecule has 1 aromatic rings. The number of amides is 1. The normalized spacial score (nSPS) is 28.1. The number of hydrogen-bond acceptors (Lipinski definition) is 4. The zero-order valence-electron chi connectivity index (χ0n) is 15.3. The van der Waals surface area contributed by atoms with Crippen LogP contribution in [0.25, 0.3) is 0 Å². The summed E-state index contributed by atoms with van der Waals surface area (Å²) in [7, 11) is -3.11. The summed E-state index contributed by atoms with van der Waals surface area (Å²) in [6.07, 6.45) is 1.47.